The first-order chi connectivity index (χ1) is 11.6. The third-order valence-electron chi connectivity index (χ3n) is 3.67. The molecule has 5 nitrogen and oxygen atoms in total. The van der Waals surface area contributed by atoms with Gasteiger partial charge in [0.15, 0.2) is 0 Å². The highest BCUT2D eigenvalue weighted by molar-refractivity contribution is 7.15. The summed E-state index contributed by atoms with van der Waals surface area (Å²) < 4.78 is 0. The van der Waals surface area contributed by atoms with Crippen molar-refractivity contribution in [2.24, 2.45) is 5.18 Å². The van der Waals surface area contributed by atoms with E-state index in [-0.39, 0.29) is 6.04 Å². The molecule has 0 aliphatic carbocycles. The van der Waals surface area contributed by atoms with Crippen LogP contribution < -0.4 is 5.32 Å². The minimum atomic E-state index is -0.332. The molecule has 3 rings (SSSR count). The van der Waals surface area contributed by atoms with Crippen molar-refractivity contribution >= 4 is 23.0 Å². The van der Waals surface area contributed by atoms with Crippen LogP contribution in [0.2, 0.25) is 0 Å². The molecule has 122 valence electrons. The Morgan fingerprint density at radius 2 is 2.00 bits per heavy atom. The van der Waals surface area contributed by atoms with Gasteiger partial charge in [-0.2, -0.15) is 4.91 Å². The van der Waals surface area contributed by atoms with Crippen molar-refractivity contribution in [3.05, 3.63) is 63.5 Å². The molecule has 1 unspecified atom stereocenters. The predicted molar refractivity (Wildman–Crippen MR) is 98.8 cm³/mol. The number of nitroso groups, excluding NO2 is 1. The molecule has 3 heterocycles. The van der Waals surface area contributed by atoms with Gasteiger partial charge in [-0.25, -0.2) is 9.97 Å². The molecule has 0 aromatic carbocycles. The van der Waals surface area contributed by atoms with Crippen molar-refractivity contribution < 1.29 is 0 Å². The van der Waals surface area contributed by atoms with Crippen LogP contribution in [0.15, 0.2) is 47.8 Å². The van der Waals surface area contributed by atoms with E-state index >= 15 is 0 Å². The van der Waals surface area contributed by atoms with Crippen LogP contribution in [-0.2, 0) is 0 Å². The maximum absolute atomic E-state index is 10.8. The third kappa shape index (κ3) is 3.49. The number of thiophene rings is 1. The Morgan fingerprint density at radius 1 is 1.17 bits per heavy atom. The van der Waals surface area contributed by atoms with Gasteiger partial charge >= 0.3 is 0 Å². The van der Waals surface area contributed by atoms with Gasteiger partial charge < -0.3 is 5.32 Å². The molecular formula is C18H18N4OS. The molecule has 0 aliphatic heterocycles. The van der Waals surface area contributed by atoms with Crippen LogP contribution in [0.4, 0.5) is 11.6 Å². The zero-order valence-corrected chi connectivity index (χ0v) is 14.6. The van der Waals surface area contributed by atoms with Crippen LogP contribution in [0.25, 0.3) is 10.6 Å². The molecule has 0 spiro atoms. The Balaban J connectivity index is 1.89. The molecule has 0 bridgehead atoms. The summed E-state index contributed by atoms with van der Waals surface area (Å²) in [4.78, 5) is 21.8. The second-order valence-corrected chi connectivity index (χ2v) is 6.77. The number of hydrogen-bond acceptors (Lipinski definition) is 6. The van der Waals surface area contributed by atoms with Crippen molar-refractivity contribution in [2.45, 2.75) is 26.8 Å². The number of hydrogen-bond donors (Lipinski definition) is 1. The van der Waals surface area contributed by atoms with Gasteiger partial charge in [0.25, 0.3) is 0 Å². The smallest absolute Gasteiger partial charge is 0.132 e. The molecule has 1 N–H and O–H groups in total. The number of nitrogens with one attached hydrogen (secondary N) is 1. The van der Waals surface area contributed by atoms with E-state index in [4.69, 9.17) is 0 Å². The highest BCUT2D eigenvalue weighted by Crippen LogP contribution is 2.35. The lowest BCUT2D eigenvalue weighted by atomic mass is 10.2. The van der Waals surface area contributed by atoms with Crippen LogP contribution >= 0.6 is 11.3 Å². The summed E-state index contributed by atoms with van der Waals surface area (Å²) >= 11 is 1.56. The van der Waals surface area contributed by atoms with Gasteiger partial charge in [-0.05, 0) is 62.2 Å². The summed E-state index contributed by atoms with van der Waals surface area (Å²) in [5, 5.41) is 6.35. The Morgan fingerprint density at radius 3 is 2.75 bits per heavy atom. The number of anilines is 2. The molecule has 0 saturated carbocycles. The molecule has 0 radical (unpaired) electrons. The fourth-order valence-corrected chi connectivity index (χ4v) is 3.59. The van der Waals surface area contributed by atoms with Crippen molar-refractivity contribution in [1.29, 1.82) is 0 Å². The Kier molecular flexibility index (Phi) is 4.66. The third-order valence-corrected chi connectivity index (χ3v) is 5.10. The largest absolute Gasteiger partial charge is 0.325 e. The fourth-order valence-electron chi connectivity index (χ4n) is 2.46. The minimum Gasteiger partial charge on any atom is -0.325 e. The quantitative estimate of drug-likeness (QED) is 0.633. The van der Waals surface area contributed by atoms with E-state index in [0.717, 1.165) is 38.2 Å². The second-order valence-electron chi connectivity index (χ2n) is 5.69. The lowest BCUT2D eigenvalue weighted by molar-refractivity contribution is 0.824. The van der Waals surface area contributed by atoms with Gasteiger partial charge in [0.05, 0.1) is 10.6 Å². The molecule has 3 aromatic rings. The minimum absolute atomic E-state index is 0.332. The first-order valence-corrected chi connectivity index (χ1v) is 8.48. The molecule has 3 aromatic heterocycles. The van der Waals surface area contributed by atoms with E-state index in [1.807, 2.05) is 51.1 Å². The summed E-state index contributed by atoms with van der Waals surface area (Å²) in [5.41, 5.74) is 3.07. The number of pyridine rings is 2. The highest BCUT2D eigenvalue weighted by atomic mass is 32.1. The summed E-state index contributed by atoms with van der Waals surface area (Å²) in [6.07, 6.45) is 1.77. The first-order valence-electron chi connectivity index (χ1n) is 7.66. The maximum Gasteiger partial charge on any atom is 0.132 e. The Bertz CT molecular complexity index is 875. The topological polar surface area (TPSA) is 67.2 Å². The zero-order valence-electron chi connectivity index (χ0n) is 13.8. The summed E-state index contributed by atoms with van der Waals surface area (Å²) in [7, 11) is 0. The lowest BCUT2D eigenvalue weighted by Gasteiger charge is -2.06. The van der Waals surface area contributed by atoms with Gasteiger partial charge in [0.1, 0.15) is 17.7 Å². The van der Waals surface area contributed by atoms with E-state index in [0.29, 0.717) is 0 Å². The first kappa shape index (κ1) is 16.3. The molecule has 0 saturated heterocycles. The van der Waals surface area contributed by atoms with Gasteiger partial charge in [-0.1, -0.05) is 11.2 Å². The Hall–Kier alpha value is -2.60. The monoisotopic (exact) mass is 338 g/mol. The van der Waals surface area contributed by atoms with Crippen LogP contribution in [0.1, 0.15) is 29.0 Å². The molecule has 0 fully saturated rings. The fraction of sp³-hybridized carbons (Fsp3) is 0.222. The number of rotatable bonds is 5. The van der Waals surface area contributed by atoms with E-state index < -0.39 is 0 Å². The van der Waals surface area contributed by atoms with Gasteiger partial charge in [-0.15, -0.1) is 11.3 Å². The van der Waals surface area contributed by atoms with Gasteiger partial charge in [0, 0.05) is 11.1 Å². The number of nitrogens with zero attached hydrogens (tertiary/aromatic N) is 3. The average Bonchev–Trinajstić information content (AvgIpc) is 2.96. The van der Waals surface area contributed by atoms with E-state index in [1.54, 1.807) is 17.5 Å². The van der Waals surface area contributed by atoms with Crippen molar-refractivity contribution in [3.8, 4) is 10.6 Å². The van der Waals surface area contributed by atoms with Crippen LogP contribution in [0.5, 0.6) is 0 Å². The summed E-state index contributed by atoms with van der Waals surface area (Å²) in [6.45, 7) is 5.83. The standard InChI is InChI=1S/C18H18N4OS/c1-11-7-8-19-17(9-11)21-16-6-4-5-14(20-16)15-10-12(2)18(24-15)13(3)22-23/h4-10,13H,1-3H3,(H,19,20,21). The molecule has 0 amide bonds. The second kappa shape index (κ2) is 6.88. The van der Waals surface area contributed by atoms with Gasteiger partial charge in [-0.3, -0.25) is 0 Å². The highest BCUT2D eigenvalue weighted by Gasteiger charge is 2.14. The van der Waals surface area contributed by atoms with Crippen LogP contribution in [0.3, 0.4) is 0 Å². The molecule has 6 heteroatoms. The van der Waals surface area contributed by atoms with Crippen molar-refractivity contribution in [2.75, 3.05) is 5.32 Å². The molecular weight excluding hydrogens is 320 g/mol. The zero-order chi connectivity index (χ0) is 17.1. The van der Waals surface area contributed by atoms with E-state index in [9.17, 15) is 4.91 Å². The lowest BCUT2D eigenvalue weighted by Crippen LogP contribution is -1.96. The Labute approximate surface area is 144 Å². The van der Waals surface area contributed by atoms with Crippen LogP contribution in [0, 0.1) is 18.8 Å². The van der Waals surface area contributed by atoms with E-state index in [1.165, 1.54) is 0 Å². The summed E-state index contributed by atoms with van der Waals surface area (Å²) in [5.74, 6) is 1.50. The SMILES string of the molecule is Cc1ccnc(Nc2cccc(-c3cc(C)c(C(C)N=O)s3)n2)c1. The molecule has 1 atom stereocenters. The van der Waals surface area contributed by atoms with Crippen LogP contribution in [-0.4, -0.2) is 9.97 Å². The van der Waals surface area contributed by atoms with Crippen molar-refractivity contribution in [3.63, 3.8) is 0 Å². The molecule has 0 aliphatic rings. The normalized spacial score (nSPS) is 12.0. The average molecular weight is 338 g/mol. The predicted octanol–water partition coefficient (Wildman–Crippen LogP) is 5.39. The van der Waals surface area contributed by atoms with Gasteiger partial charge in [0.2, 0.25) is 0 Å². The summed E-state index contributed by atoms with van der Waals surface area (Å²) in [6, 6.07) is 11.5. The van der Waals surface area contributed by atoms with E-state index in [2.05, 4.69) is 26.5 Å². The number of aromatic nitrogens is 2. The number of aryl methyl sites for hydroxylation is 2. The van der Waals surface area contributed by atoms with Crippen molar-refractivity contribution in [1.82, 2.24) is 9.97 Å². The molecule has 24 heavy (non-hydrogen) atoms. The maximum atomic E-state index is 10.8.